The molecule has 12 heteroatoms. The number of pyridine rings is 1. The number of likely N-dealkylation sites (tertiary alicyclic amines) is 1. The van der Waals surface area contributed by atoms with Crippen LogP contribution in [0.3, 0.4) is 0 Å². The Labute approximate surface area is 227 Å². The molecule has 0 unspecified atom stereocenters. The van der Waals surface area contributed by atoms with Crippen molar-refractivity contribution in [2.45, 2.75) is 49.0 Å². The summed E-state index contributed by atoms with van der Waals surface area (Å²) < 4.78 is 61.8. The first-order chi connectivity index (χ1) is 18.4. The van der Waals surface area contributed by atoms with E-state index in [4.69, 9.17) is 10.5 Å². The lowest BCUT2D eigenvalue weighted by molar-refractivity contribution is -0.00907. The number of nitrogens with two attached hydrogens (primary N) is 1. The first-order valence-corrected chi connectivity index (χ1v) is 14.4. The molecule has 3 aliphatic rings. The highest BCUT2D eigenvalue weighted by Crippen LogP contribution is 2.52. The van der Waals surface area contributed by atoms with Crippen molar-refractivity contribution in [3.8, 4) is 0 Å². The van der Waals surface area contributed by atoms with E-state index in [0.717, 1.165) is 36.0 Å². The van der Waals surface area contributed by atoms with Crippen molar-refractivity contribution in [3.63, 3.8) is 0 Å². The molecule has 1 saturated heterocycles. The van der Waals surface area contributed by atoms with Gasteiger partial charge < -0.3 is 15.4 Å². The van der Waals surface area contributed by atoms with Gasteiger partial charge in [0.2, 0.25) is 16.0 Å². The average Bonchev–Trinajstić information content (AvgIpc) is 3.32. The third-order valence-corrected chi connectivity index (χ3v) is 11.3. The molecule has 1 aromatic carbocycles. The molecule has 2 fully saturated rings. The van der Waals surface area contributed by atoms with Gasteiger partial charge in [-0.25, -0.2) is 26.5 Å². The molecule has 210 valence electrons. The van der Waals surface area contributed by atoms with Crippen LogP contribution in [0.4, 0.5) is 8.78 Å². The van der Waals surface area contributed by atoms with Crippen LogP contribution >= 0.6 is 0 Å². The van der Waals surface area contributed by atoms with Crippen molar-refractivity contribution in [2.75, 3.05) is 33.8 Å². The van der Waals surface area contributed by atoms with Crippen molar-refractivity contribution in [1.29, 1.82) is 0 Å². The van der Waals surface area contributed by atoms with Gasteiger partial charge in [-0.15, -0.1) is 0 Å². The smallest absolute Gasteiger partial charge is 0.247 e. The van der Waals surface area contributed by atoms with Gasteiger partial charge in [-0.05, 0) is 68.5 Å². The van der Waals surface area contributed by atoms with Crippen LogP contribution in [0.2, 0.25) is 0 Å². The maximum atomic E-state index is 15.6. The summed E-state index contributed by atoms with van der Waals surface area (Å²) in [7, 11) is -0.987. The van der Waals surface area contributed by atoms with Crippen LogP contribution in [0.5, 0.6) is 0 Å². The summed E-state index contributed by atoms with van der Waals surface area (Å²) in [5, 5.41) is 0. The third kappa shape index (κ3) is 4.52. The van der Waals surface area contributed by atoms with Gasteiger partial charge in [-0.1, -0.05) is 6.07 Å². The molecule has 0 radical (unpaired) electrons. The average molecular weight is 562 g/mol. The van der Waals surface area contributed by atoms with Crippen molar-refractivity contribution < 1.29 is 26.7 Å². The second-order valence-electron chi connectivity index (χ2n) is 11.0. The number of methoxy groups -OCH3 is 1. The summed E-state index contributed by atoms with van der Waals surface area (Å²) in [5.74, 6) is -1.40. The Kier molecular flexibility index (Phi) is 7.01. The molecule has 5 rings (SSSR count). The zero-order valence-corrected chi connectivity index (χ0v) is 23.0. The van der Waals surface area contributed by atoms with Crippen LogP contribution in [0.15, 0.2) is 41.5 Å². The Morgan fingerprint density at radius 1 is 1.23 bits per heavy atom. The van der Waals surface area contributed by atoms with Gasteiger partial charge in [0.25, 0.3) is 0 Å². The SMILES string of the molecule is COC1CC(CN2CC[C@@]3(C2)[C@@](C)(c2cc(CC(=O)c4ccc(F)cn4)ccc2F)N=C(N)N(C)S3(=O)=O)C1. The lowest BCUT2D eigenvalue weighted by Crippen LogP contribution is -2.66. The van der Waals surface area contributed by atoms with Crippen molar-refractivity contribution >= 4 is 21.8 Å². The number of ether oxygens (including phenoxy) is 1. The number of hydrogen-bond acceptors (Lipinski definition) is 8. The number of nitrogens with zero attached hydrogens (tertiary/aromatic N) is 4. The van der Waals surface area contributed by atoms with E-state index in [1.54, 1.807) is 14.0 Å². The fourth-order valence-electron chi connectivity index (χ4n) is 6.22. The van der Waals surface area contributed by atoms with Gasteiger partial charge in [0.1, 0.15) is 27.6 Å². The first kappa shape index (κ1) is 27.6. The number of aliphatic imine (C=N–C) groups is 1. The number of carbonyl (C=O) groups is 1. The standard InChI is InChI=1S/C27H33F2N5O4S/c1-26(21-12-17(4-6-22(21)29)13-24(35)23-7-5-19(28)14-31-23)27(39(36,37)33(2)25(30)32-26)8-9-34(16-27)15-18-10-20(11-18)38-3/h4-7,12,14,18,20H,8-11,13,15-16H2,1-3H3,(H2,30,32)/t18?,20?,26-,27-/m1/s1. The molecule has 2 N–H and O–H groups in total. The molecular weight excluding hydrogens is 528 g/mol. The van der Waals surface area contributed by atoms with Gasteiger partial charge in [0.05, 0.1) is 12.3 Å². The normalized spacial score (nSPS) is 30.3. The Hall–Kier alpha value is -2.96. The number of benzene rings is 1. The molecule has 1 aromatic heterocycles. The fraction of sp³-hybridized carbons (Fsp3) is 0.519. The van der Waals surface area contributed by atoms with E-state index in [1.807, 2.05) is 0 Å². The highest BCUT2D eigenvalue weighted by Gasteiger charge is 2.66. The van der Waals surface area contributed by atoms with E-state index in [2.05, 4.69) is 14.9 Å². The van der Waals surface area contributed by atoms with E-state index >= 15 is 4.39 Å². The highest BCUT2D eigenvalue weighted by atomic mass is 32.2. The summed E-state index contributed by atoms with van der Waals surface area (Å²) in [5.41, 5.74) is 5.15. The van der Waals surface area contributed by atoms with Crippen LogP contribution in [0, 0.1) is 17.6 Å². The minimum atomic E-state index is -4.05. The minimum absolute atomic E-state index is 0.0597. The summed E-state index contributed by atoms with van der Waals surface area (Å²) in [6, 6.07) is 6.62. The van der Waals surface area contributed by atoms with Crippen LogP contribution in [0.25, 0.3) is 0 Å². The zero-order valence-electron chi connectivity index (χ0n) is 22.2. The molecule has 0 amide bonds. The van der Waals surface area contributed by atoms with Crippen molar-refractivity contribution in [1.82, 2.24) is 14.2 Å². The Morgan fingerprint density at radius 2 is 1.97 bits per heavy atom. The predicted molar refractivity (Wildman–Crippen MR) is 142 cm³/mol. The zero-order chi connectivity index (χ0) is 28.2. The maximum absolute atomic E-state index is 15.6. The topological polar surface area (TPSA) is 118 Å². The Balaban J connectivity index is 1.51. The maximum Gasteiger partial charge on any atom is 0.247 e. The summed E-state index contributed by atoms with van der Waals surface area (Å²) in [6.07, 6.45) is 3.14. The third-order valence-electron chi connectivity index (χ3n) is 8.69. The summed E-state index contributed by atoms with van der Waals surface area (Å²) in [6.45, 7) is 3.02. The molecule has 2 aliphatic heterocycles. The minimum Gasteiger partial charge on any atom is -0.381 e. The predicted octanol–water partition coefficient (Wildman–Crippen LogP) is 2.46. The molecule has 9 nitrogen and oxygen atoms in total. The van der Waals surface area contributed by atoms with Crippen molar-refractivity contribution in [2.24, 2.45) is 16.6 Å². The first-order valence-electron chi connectivity index (χ1n) is 12.9. The number of aromatic nitrogens is 1. The number of hydrogen-bond donors (Lipinski definition) is 1. The monoisotopic (exact) mass is 561 g/mol. The highest BCUT2D eigenvalue weighted by molar-refractivity contribution is 7.91. The van der Waals surface area contributed by atoms with E-state index in [0.29, 0.717) is 18.0 Å². The molecule has 1 spiro atoms. The Morgan fingerprint density at radius 3 is 2.64 bits per heavy atom. The quantitative estimate of drug-likeness (QED) is 0.516. The van der Waals surface area contributed by atoms with E-state index in [1.165, 1.54) is 31.3 Å². The number of Topliss-reactive ketones (excluding diaryl/α,β-unsaturated/α-hetero) is 1. The van der Waals surface area contributed by atoms with Crippen molar-refractivity contribution in [3.05, 3.63) is 65.0 Å². The van der Waals surface area contributed by atoms with Crippen LogP contribution in [-0.4, -0.2) is 79.0 Å². The lowest BCUT2D eigenvalue weighted by atomic mass is 9.77. The van der Waals surface area contributed by atoms with Crippen LogP contribution < -0.4 is 5.73 Å². The molecule has 3 heterocycles. The number of guanidine groups is 1. The van der Waals surface area contributed by atoms with E-state index in [9.17, 15) is 17.6 Å². The second-order valence-corrected chi connectivity index (χ2v) is 13.2. The van der Waals surface area contributed by atoms with Crippen LogP contribution in [-0.2, 0) is 26.7 Å². The fourth-order valence-corrected chi connectivity index (χ4v) is 8.38. The van der Waals surface area contributed by atoms with Gasteiger partial charge in [-0.3, -0.25) is 9.78 Å². The molecule has 1 aliphatic carbocycles. The summed E-state index contributed by atoms with van der Waals surface area (Å²) >= 11 is 0. The molecule has 2 aromatic rings. The molecule has 39 heavy (non-hydrogen) atoms. The molecule has 2 atom stereocenters. The number of sulfonamides is 1. The number of halogens is 2. The van der Waals surface area contributed by atoms with E-state index in [-0.39, 0.29) is 48.5 Å². The van der Waals surface area contributed by atoms with Gasteiger partial charge in [0, 0.05) is 39.2 Å². The number of carbonyl (C=O) groups excluding carboxylic acids is 1. The van der Waals surface area contributed by atoms with Gasteiger partial charge in [0.15, 0.2) is 5.78 Å². The van der Waals surface area contributed by atoms with Crippen LogP contribution in [0.1, 0.15) is 47.8 Å². The Bertz CT molecular complexity index is 1410. The number of ketones is 1. The van der Waals surface area contributed by atoms with Gasteiger partial charge >= 0.3 is 0 Å². The second kappa shape index (κ2) is 9.90. The lowest BCUT2D eigenvalue weighted by Gasteiger charge is -2.49. The molecular formula is C27H33F2N5O4S. The number of rotatable bonds is 7. The molecule has 1 saturated carbocycles. The van der Waals surface area contributed by atoms with E-state index < -0.39 is 31.9 Å². The van der Waals surface area contributed by atoms with Gasteiger partial charge in [-0.2, -0.15) is 0 Å². The largest absolute Gasteiger partial charge is 0.381 e. The summed E-state index contributed by atoms with van der Waals surface area (Å²) in [4.78, 5) is 23.4. The molecule has 0 bridgehead atoms.